The lowest BCUT2D eigenvalue weighted by atomic mass is 9.80. The number of carboxylic acid groups (broad SMARTS) is 2. The fourth-order valence-corrected chi connectivity index (χ4v) is 3.38. The number of dihydropyridines is 1. The molecule has 10 nitrogen and oxygen atoms in total. The molecule has 0 bridgehead atoms. The Kier molecular flexibility index (Phi) is 8.29. The zero-order valence-corrected chi connectivity index (χ0v) is 17.6. The van der Waals surface area contributed by atoms with Gasteiger partial charge in [-0.15, -0.1) is 0 Å². The van der Waals surface area contributed by atoms with Gasteiger partial charge in [0.25, 0.3) is 5.69 Å². The van der Waals surface area contributed by atoms with Gasteiger partial charge in [0.05, 0.1) is 27.7 Å². The lowest BCUT2D eigenvalue weighted by Gasteiger charge is -2.33. The van der Waals surface area contributed by atoms with Crippen molar-refractivity contribution in [3.63, 3.8) is 0 Å². The van der Waals surface area contributed by atoms with E-state index in [1.54, 1.807) is 0 Å². The summed E-state index contributed by atoms with van der Waals surface area (Å²) in [7, 11) is 0. The van der Waals surface area contributed by atoms with Crippen molar-refractivity contribution in [2.45, 2.75) is 45.8 Å². The van der Waals surface area contributed by atoms with Gasteiger partial charge in [0.1, 0.15) is 0 Å². The maximum Gasteiger partial charge on any atom is 0.334 e. The summed E-state index contributed by atoms with van der Waals surface area (Å²) in [6, 6.07) is 5.29. The van der Waals surface area contributed by atoms with E-state index < -0.39 is 29.1 Å². The Labute approximate surface area is 179 Å². The molecular weight excluding hydrogens is 408 g/mol. The van der Waals surface area contributed by atoms with Crippen LogP contribution in [0.15, 0.2) is 46.8 Å². The van der Waals surface area contributed by atoms with Crippen LogP contribution in [0.3, 0.4) is 0 Å². The number of nitro benzene ring substituents is 1. The molecule has 1 aromatic carbocycles. The molecule has 1 unspecified atom stereocenters. The zero-order chi connectivity index (χ0) is 23.1. The lowest BCUT2D eigenvalue weighted by Crippen LogP contribution is -2.38. The number of aliphatic carboxylic acids is 2. The van der Waals surface area contributed by atoms with Crippen molar-refractivity contribution in [3.05, 3.63) is 62.5 Å². The first-order valence-corrected chi connectivity index (χ1v) is 9.88. The summed E-state index contributed by atoms with van der Waals surface area (Å²) in [5.41, 5.74) is -0.326. The van der Waals surface area contributed by atoms with E-state index in [2.05, 4.69) is 5.32 Å². The van der Waals surface area contributed by atoms with Crippen LogP contribution >= 0.6 is 0 Å². The van der Waals surface area contributed by atoms with Crippen LogP contribution in [0.4, 0.5) is 5.69 Å². The first-order chi connectivity index (χ1) is 14.7. The normalized spacial score (nSPS) is 16.5. The molecule has 3 N–H and O–H groups in total. The summed E-state index contributed by atoms with van der Waals surface area (Å²) in [4.78, 5) is 35.0. The molecule has 168 valence electrons. The number of hydrogen-bond donors (Lipinski definition) is 3. The number of hydrogen-bond acceptors (Lipinski definition) is 7. The fourth-order valence-electron chi connectivity index (χ4n) is 3.38. The van der Waals surface area contributed by atoms with Crippen LogP contribution in [0.1, 0.15) is 45.1 Å². The van der Waals surface area contributed by atoms with E-state index in [-0.39, 0.29) is 33.8 Å². The van der Waals surface area contributed by atoms with E-state index in [9.17, 15) is 29.9 Å². The molecule has 1 heterocycles. The summed E-state index contributed by atoms with van der Waals surface area (Å²) >= 11 is 0. The Morgan fingerprint density at radius 3 is 2.19 bits per heavy atom. The van der Waals surface area contributed by atoms with E-state index in [1.165, 1.54) is 31.2 Å². The van der Waals surface area contributed by atoms with E-state index >= 15 is 0 Å². The fraction of sp³-hybridized carbons (Fsp3) is 0.429. The molecule has 1 aliphatic rings. The number of carboxylic acids is 2. The van der Waals surface area contributed by atoms with E-state index in [1.807, 2.05) is 13.8 Å². The second-order valence-corrected chi connectivity index (χ2v) is 6.96. The smallest absolute Gasteiger partial charge is 0.334 e. The second kappa shape index (κ2) is 10.7. The van der Waals surface area contributed by atoms with Crippen LogP contribution in [0.25, 0.3) is 0 Å². The summed E-state index contributed by atoms with van der Waals surface area (Å²) in [5.74, 6) is -3.97. The predicted octanol–water partition coefficient (Wildman–Crippen LogP) is 3.16. The minimum absolute atomic E-state index is 0.0772. The zero-order valence-electron chi connectivity index (χ0n) is 17.6. The molecule has 1 aliphatic heterocycles. The van der Waals surface area contributed by atoms with Gasteiger partial charge in [-0.1, -0.05) is 26.0 Å². The van der Waals surface area contributed by atoms with Crippen molar-refractivity contribution < 1.29 is 34.2 Å². The molecule has 31 heavy (non-hydrogen) atoms. The molecule has 0 saturated heterocycles. The van der Waals surface area contributed by atoms with Crippen molar-refractivity contribution >= 4 is 17.6 Å². The molecule has 1 aromatic rings. The molecule has 1 atom stereocenters. The maximum absolute atomic E-state index is 12.3. The Balaban J connectivity index is 2.73. The monoisotopic (exact) mass is 434 g/mol. The minimum Gasteiger partial charge on any atom is -0.478 e. The number of rotatable bonds is 11. The Hall–Kier alpha value is -3.24. The number of nitro groups is 1. The number of non-ortho nitro benzene ring substituents is 1. The van der Waals surface area contributed by atoms with Crippen LogP contribution in [0.2, 0.25) is 0 Å². The summed E-state index contributed by atoms with van der Waals surface area (Å²) in [6.07, 6.45) is 0.258. The minimum atomic E-state index is -1.38. The molecular formula is C21H26N2O8. The summed E-state index contributed by atoms with van der Waals surface area (Å²) in [5, 5.41) is 33.9. The average molecular weight is 434 g/mol. The quantitative estimate of drug-likeness (QED) is 0.271. The third-order valence-corrected chi connectivity index (χ3v) is 4.65. The number of carbonyl (C=O) groups is 2. The van der Waals surface area contributed by atoms with Gasteiger partial charge in [0, 0.05) is 31.0 Å². The first-order valence-electron chi connectivity index (χ1n) is 9.88. The highest BCUT2D eigenvalue weighted by atomic mass is 16.7. The molecule has 0 spiro atoms. The molecule has 0 aliphatic carbocycles. The van der Waals surface area contributed by atoms with Gasteiger partial charge in [-0.25, -0.2) is 9.59 Å². The number of ether oxygens (including phenoxy) is 2. The number of nitrogens with one attached hydrogen (secondary N) is 1. The molecule has 0 aromatic heterocycles. The predicted molar refractivity (Wildman–Crippen MR) is 110 cm³/mol. The Bertz CT molecular complexity index is 914. The van der Waals surface area contributed by atoms with Crippen molar-refractivity contribution in [3.8, 4) is 0 Å². The third-order valence-electron chi connectivity index (χ3n) is 4.65. The molecule has 0 amide bonds. The van der Waals surface area contributed by atoms with Gasteiger partial charge in [0.2, 0.25) is 0 Å². The number of allylic oxidation sites excluding steroid dienone is 1. The van der Waals surface area contributed by atoms with Crippen LogP contribution in [-0.2, 0) is 19.1 Å². The second-order valence-electron chi connectivity index (χ2n) is 6.96. The van der Waals surface area contributed by atoms with Gasteiger partial charge in [-0.2, -0.15) is 0 Å². The van der Waals surface area contributed by atoms with Crippen LogP contribution in [0.5, 0.6) is 0 Å². The largest absolute Gasteiger partial charge is 0.478 e. The highest BCUT2D eigenvalue weighted by Gasteiger charge is 2.40. The van der Waals surface area contributed by atoms with E-state index in [4.69, 9.17) is 9.47 Å². The molecule has 10 heteroatoms. The van der Waals surface area contributed by atoms with Crippen molar-refractivity contribution in [2.75, 3.05) is 13.2 Å². The van der Waals surface area contributed by atoms with Crippen molar-refractivity contribution in [1.29, 1.82) is 0 Å². The third kappa shape index (κ3) is 5.47. The van der Waals surface area contributed by atoms with Crippen molar-refractivity contribution in [1.82, 2.24) is 5.32 Å². The summed E-state index contributed by atoms with van der Waals surface area (Å²) in [6.45, 7) is 5.86. The maximum atomic E-state index is 12.3. The molecule has 0 fully saturated rings. The van der Waals surface area contributed by atoms with Gasteiger partial charge < -0.3 is 25.0 Å². The Morgan fingerprint density at radius 1 is 1.13 bits per heavy atom. The van der Waals surface area contributed by atoms with Crippen molar-refractivity contribution in [2.24, 2.45) is 0 Å². The highest BCUT2D eigenvalue weighted by Crippen LogP contribution is 2.40. The molecule has 0 saturated carbocycles. The van der Waals surface area contributed by atoms with E-state index in [0.717, 1.165) is 0 Å². The van der Waals surface area contributed by atoms with Gasteiger partial charge in [-0.3, -0.25) is 10.1 Å². The van der Waals surface area contributed by atoms with Gasteiger partial charge >= 0.3 is 11.9 Å². The highest BCUT2D eigenvalue weighted by molar-refractivity contribution is 5.98. The van der Waals surface area contributed by atoms with Crippen LogP contribution < -0.4 is 5.32 Å². The van der Waals surface area contributed by atoms with Crippen LogP contribution in [-0.4, -0.2) is 46.6 Å². The van der Waals surface area contributed by atoms with E-state index in [0.29, 0.717) is 26.1 Å². The number of nitrogens with zero attached hydrogens (tertiary/aromatic N) is 1. The first kappa shape index (κ1) is 24.0. The SMILES string of the molecule is CCCOC(OCCC)C1=C(C(=O)O)C(c2cccc([N+](=O)[O-])c2)C(C(=O)O)=C(C)N1. The van der Waals surface area contributed by atoms with Gasteiger partial charge in [-0.05, 0) is 25.3 Å². The standard InChI is InChI=1S/C21H26N2O8/c1-4-9-30-21(31-10-5-2)18-17(20(26)27)16(15(19(24)25)12(3)22-18)13-7-6-8-14(11-13)23(28)29/h6-8,11,16,21-22H,4-5,9-10H2,1-3H3,(H,24,25)(H,26,27). The average Bonchev–Trinajstić information content (AvgIpc) is 2.72. The number of benzene rings is 1. The summed E-state index contributed by atoms with van der Waals surface area (Å²) < 4.78 is 11.4. The molecule has 0 radical (unpaired) electrons. The molecule has 2 rings (SSSR count). The Morgan fingerprint density at radius 2 is 1.71 bits per heavy atom. The lowest BCUT2D eigenvalue weighted by molar-refractivity contribution is -0.384. The van der Waals surface area contributed by atoms with Gasteiger partial charge in [0.15, 0.2) is 6.29 Å². The van der Waals surface area contributed by atoms with Crippen LogP contribution in [0, 0.1) is 10.1 Å². The topological polar surface area (TPSA) is 148 Å².